The van der Waals surface area contributed by atoms with Crippen LogP contribution in [0.1, 0.15) is 46.0 Å². The average Bonchev–Trinajstić information content (AvgIpc) is 2.67. The summed E-state index contributed by atoms with van der Waals surface area (Å²) in [6.07, 6.45) is 17.4. The van der Waals surface area contributed by atoms with Crippen LogP contribution in [-0.4, -0.2) is 0 Å². The van der Waals surface area contributed by atoms with E-state index >= 15 is 0 Å². The maximum Gasteiger partial charge on any atom is 0.00547 e. The molecule has 0 amide bonds. The summed E-state index contributed by atoms with van der Waals surface area (Å²) in [6, 6.07) is 0. The maximum absolute atomic E-state index is 4.10. The molecule has 0 nitrogen and oxygen atoms in total. The second-order valence-electron chi connectivity index (χ2n) is 6.05. The van der Waals surface area contributed by atoms with Crippen LogP contribution in [0.15, 0.2) is 60.3 Å². The predicted octanol–water partition coefficient (Wildman–Crippen LogP) is 6.00. The molecule has 2 rings (SSSR count). The molecular weight excluding hydrogens is 240 g/mol. The van der Waals surface area contributed by atoms with Gasteiger partial charge in [-0.25, -0.2) is 0 Å². The van der Waals surface area contributed by atoms with Crippen LogP contribution in [0.5, 0.6) is 0 Å². The largest absolute Gasteiger partial charge is 0.0991 e. The summed E-state index contributed by atoms with van der Waals surface area (Å²) >= 11 is 0. The van der Waals surface area contributed by atoms with Crippen LogP contribution in [0.4, 0.5) is 0 Å². The highest BCUT2D eigenvalue weighted by atomic mass is 14.4. The fourth-order valence-electron chi connectivity index (χ4n) is 4.02. The summed E-state index contributed by atoms with van der Waals surface area (Å²) in [5.74, 6) is 1.98. The first-order chi connectivity index (χ1) is 9.74. The second-order valence-corrected chi connectivity index (χ2v) is 6.05. The molecule has 0 aromatic rings. The predicted molar refractivity (Wildman–Crippen MR) is 89.5 cm³/mol. The maximum atomic E-state index is 4.10. The average molecular weight is 268 g/mol. The van der Waals surface area contributed by atoms with Gasteiger partial charge in [0, 0.05) is 5.92 Å². The van der Waals surface area contributed by atoms with E-state index in [0.717, 1.165) is 12.3 Å². The molecule has 0 radical (unpaired) electrons. The Morgan fingerprint density at radius 1 is 1.35 bits per heavy atom. The van der Waals surface area contributed by atoms with Gasteiger partial charge in [-0.3, -0.25) is 0 Å². The topological polar surface area (TPSA) is 0 Å². The lowest BCUT2D eigenvalue weighted by molar-refractivity contribution is 0.340. The molecule has 20 heavy (non-hydrogen) atoms. The fraction of sp³-hybridized carbons (Fsp3) is 0.500. The van der Waals surface area contributed by atoms with Crippen molar-refractivity contribution in [2.45, 2.75) is 46.0 Å². The Morgan fingerprint density at radius 3 is 2.80 bits per heavy atom. The molecule has 0 aromatic heterocycles. The minimum atomic E-state index is 0.581. The molecule has 0 N–H and O–H groups in total. The number of hydrogen-bond donors (Lipinski definition) is 0. The molecule has 0 saturated carbocycles. The highest BCUT2D eigenvalue weighted by molar-refractivity contribution is 5.49. The zero-order valence-electron chi connectivity index (χ0n) is 13.1. The normalized spacial score (nSPS) is 32.3. The first-order valence-corrected chi connectivity index (χ1v) is 8.09. The van der Waals surface area contributed by atoms with Crippen LogP contribution in [0.25, 0.3) is 0 Å². The molecule has 0 bridgehead atoms. The second kappa shape index (κ2) is 6.92. The summed E-state index contributed by atoms with van der Waals surface area (Å²) in [7, 11) is 0. The molecule has 0 saturated heterocycles. The third-order valence-electron chi connectivity index (χ3n) is 5.00. The van der Waals surface area contributed by atoms with Crippen LogP contribution in [0.2, 0.25) is 0 Å². The summed E-state index contributed by atoms with van der Waals surface area (Å²) in [6.45, 7) is 12.6. The Labute approximate surface area is 124 Å². The van der Waals surface area contributed by atoms with Crippen molar-refractivity contribution in [3.05, 3.63) is 60.3 Å². The monoisotopic (exact) mass is 268 g/mol. The summed E-state index contributed by atoms with van der Waals surface area (Å²) in [4.78, 5) is 0. The van der Waals surface area contributed by atoms with Gasteiger partial charge in [0.1, 0.15) is 0 Å². The highest BCUT2D eigenvalue weighted by Gasteiger charge is 2.38. The van der Waals surface area contributed by atoms with Crippen LogP contribution in [-0.2, 0) is 0 Å². The van der Waals surface area contributed by atoms with E-state index in [1.165, 1.54) is 36.8 Å². The van der Waals surface area contributed by atoms with Crippen molar-refractivity contribution in [3.8, 4) is 0 Å². The standard InChI is InChI=1S/C20H28/c1-5-12-16(6-2)20-15(4)18-13-10-8-9-11-14-19(18)17(20)7-3/h5,7,11-12,14-15,18-19H,1,3,6,8-10,13H2,2,4H3/b14-11-,16-12-. The Kier molecular flexibility index (Phi) is 5.23. The molecule has 0 fully saturated rings. The first kappa shape index (κ1) is 15.1. The van der Waals surface area contributed by atoms with Gasteiger partial charge in [0.15, 0.2) is 0 Å². The zero-order chi connectivity index (χ0) is 14.5. The van der Waals surface area contributed by atoms with Crippen LogP contribution < -0.4 is 0 Å². The molecule has 2 aliphatic carbocycles. The lowest BCUT2D eigenvalue weighted by Gasteiger charge is -2.24. The van der Waals surface area contributed by atoms with E-state index < -0.39 is 0 Å². The van der Waals surface area contributed by atoms with E-state index in [0.29, 0.717) is 11.8 Å². The molecule has 3 atom stereocenters. The van der Waals surface area contributed by atoms with Gasteiger partial charge in [-0.05, 0) is 54.2 Å². The third kappa shape index (κ3) is 2.75. The molecule has 0 heterocycles. The molecule has 2 aliphatic rings. The van der Waals surface area contributed by atoms with Crippen LogP contribution in [0.3, 0.4) is 0 Å². The third-order valence-corrected chi connectivity index (χ3v) is 5.00. The Hall–Kier alpha value is -1.30. The number of allylic oxidation sites excluding steroid dienone is 8. The molecule has 0 aliphatic heterocycles. The SMILES string of the molecule is C=C/C=C(/CC)C1=C(C=C)C2/C=C\CCCCC2C1C. The van der Waals surface area contributed by atoms with Gasteiger partial charge < -0.3 is 0 Å². The first-order valence-electron chi connectivity index (χ1n) is 8.09. The molecule has 0 aromatic carbocycles. The van der Waals surface area contributed by atoms with E-state index in [1.807, 2.05) is 6.08 Å². The van der Waals surface area contributed by atoms with Crippen LogP contribution in [0, 0.1) is 17.8 Å². The van der Waals surface area contributed by atoms with Gasteiger partial charge in [0.05, 0.1) is 0 Å². The summed E-state index contributed by atoms with van der Waals surface area (Å²) in [5.41, 5.74) is 4.46. The molecule has 108 valence electrons. The van der Waals surface area contributed by atoms with Crippen molar-refractivity contribution in [1.29, 1.82) is 0 Å². The smallest absolute Gasteiger partial charge is 0.00547 e. The van der Waals surface area contributed by atoms with Crippen molar-refractivity contribution >= 4 is 0 Å². The van der Waals surface area contributed by atoms with Crippen molar-refractivity contribution in [2.75, 3.05) is 0 Å². The molecule has 0 heteroatoms. The highest BCUT2D eigenvalue weighted by Crippen LogP contribution is 2.49. The van der Waals surface area contributed by atoms with Crippen molar-refractivity contribution in [1.82, 2.24) is 0 Å². The van der Waals surface area contributed by atoms with E-state index in [4.69, 9.17) is 0 Å². The summed E-state index contributed by atoms with van der Waals surface area (Å²) < 4.78 is 0. The van der Waals surface area contributed by atoms with Gasteiger partial charge in [-0.2, -0.15) is 0 Å². The quantitative estimate of drug-likeness (QED) is 0.433. The lowest BCUT2D eigenvalue weighted by Crippen LogP contribution is -2.16. The lowest BCUT2D eigenvalue weighted by atomic mass is 9.80. The number of fused-ring (bicyclic) bond motifs is 1. The minimum absolute atomic E-state index is 0.581. The van der Waals surface area contributed by atoms with Gasteiger partial charge in [-0.1, -0.05) is 63.8 Å². The van der Waals surface area contributed by atoms with Gasteiger partial charge in [0.25, 0.3) is 0 Å². The molecule has 0 spiro atoms. The van der Waals surface area contributed by atoms with E-state index in [1.54, 1.807) is 5.57 Å². The Bertz CT molecular complexity index is 458. The molecule has 3 unspecified atom stereocenters. The van der Waals surface area contributed by atoms with Crippen molar-refractivity contribution < 1.29 is 0 Å². The Balaban J connectivity index is 2.46. The number of rotatable bonds is 4. The summed E-state index contributed by atoms with van der Waals surface area (Å²) in [5, 5.41) is 0. The van der Waals surface area contributed by atoms with Gasteiger partial charge in [-0.15, -0.1) is 0 Å². The van der Waals surface area contributed by atoms with E-state index in [2.05, 4.69) is 51.3 Å². The Morgan fingerprint density at radius 2 is 2.15 bits per heavy atom. The fourth-order valence-corrected chi connectivity index (χ4v) is 4.02. The minimum Gasteiger partial charge on any atom is -0.0991 e. The van der Waals surface area contributed by atoms with Gasteiger partial charge in [0.2, 0.25) is 0 Å². The zero-order valence-corrected chi connectivity index (χ0v) is 13.1. The van der Waals surface area contributed by atoms with Crippen molar-refractivity contribution in [2.24, 2.45) is 17.8 Å². The molecular formula is C20H28. The van der Waals surface area contributed by atoms with E-state index in [9.17, 15) is 0 Å². The van der Waals surface area contributed by atoms with Crippen LogP contribution >= 0.6 is 0 Å². The van der Waals surface area contributed by atoms with E-state index in [-0.39, 0.29) is 0 Å². The van der Waals surface area contributed by atoms with Crippen molar-refractivity contribution in [3.63, 3.8) is 0 Å². The van der Waals surface area contributed by atoms with Gasteiger partial charge >= 0.3 is 0 Å². The number of hydrogen-bond acceptors (Lipinski definition) is 0.